The molecule has 1 aliphatic carbocycles. The molecule has 1 aromatic heterocycles. The average Bonchev–Trinajstić information content (AvgIpc) is 2.68. The van der Waals surface area contributed by atoms with Gasteiger partial charge < -0.3 is 9.52 Å². The summed E-state index contributed by atoms with van der Waals surface area (Å²) in [5.74, 6) is 0.0974. The van der Waals surface area contributed by atoms with Crippen LogP contribution in [0, 0.1) is 5.82 Å². The van der Waals surface area contributed by atoms with Crippen molar-refractivity contribution in [1.82, 2.24) is 0 Å². The second-order valence-corrected chi connectivity index (χ2v) is 7.22. The lowest BCUT2D eigenvalue weighted by Crippen LogP contribution is -2.29. The SMILES string of the molecule is O=c1oc(C2(O)CCCCC2)cc2ccc(C=Cc3ccc(F)cc3)cc12. The maximum Gasteiger partial charge on any atom is 0.343 e. The molecule has 1 fully saturated rings. The van der Waals surface area contributed by atoms with E-state index in [4.69, 9.17) is 4.42 Å². The van der Waals surface area contributed by atoms with Crippen LogP contribution < -0.4 is 5.63 Å². The molecule has 1 aliphatic rings. The third kappa shape index (κ3) is 3.71. The lowest BCUT2D eigenvalue weighted by Gasteiger charge is -2.30. The van der Waals surface area contributed by atoms with Crippen molar-refractivity contribution in [3.8, 4) is 0 Å². The van der Waals surface area contributed by atoms with Crippen molar-refractivity contribution in [2.24, 2.45) is 0 Å². The molecule has 0 spiro atoms. The van der Waals surface area contributed by atoms with Crippen LogP contribution in [-0.2, 0) is 5.60 Å². The minimum absolute atomic E-state index is 0.272. The van der Waals surface area contributed by atoms with Crippen molar-refractivity contribution in [3.63, 3.8) is 0 Å². The topological polar surface area (TPSA) is 50.4 Å². The zero-order chi connectivity index (χ0) is 18.9. The molecule has 0 aliphatic heterocycles. The molecule has 1 saturated carbocycles. The van der Waals surface area contributed by atoms with E-state index in [-0.39, 0.29) is 5.82 Å². The smallest absolute Gasteiger partial charge is 0.343 e. The van der Waals surface area contributed by atoms with Crippen LogP contribution in [0.3, 0.4) is 0 Å². The van der Waals surface area contributed by atoms with Crippen molar-refractivity contribution in [3.05, 3.63) is 81.7 Å². The first kappa shape index (κ1) is 17.7. The predicted octanol–water partition coefficient (Wildman–Crippen LogP) is 5.25. The van der Waals surface area contributed by atoms with Gasteiger partial charge in [-0.1, -0.05) is 55.7 Å². The first-order valence-electron chi connectivity index (χ1n) is 9.28. The molecular formula is C23H21FO3. The molecule has 1 heterocycles. The van der Waals surface area contributed by atoms with Gasteiger partial charge in [0.1, 0.15) is 17.2 Å². The van der Waals surface area contributed by atoms with Crippen LogP contribution in [0.15, 0.2) is 57.7 Å². The maximum absolute atomic E-state index is 13.0. The molecule has 0 atom stereocenters. The molecule has 4 heteroatoms. The monoisotopic (exact) mass is 364 g/mol. The van der Waals surface area contributed by atoms with E-state index in [0.29, 0.717) is 24.0 Å². The molecule has 3 aromatic rings. The van der Waals surface area contributed by atoms with Crippen LogP contribution in [0.25, 0.3) is 22.9 Å². The summed E-state index contributed by atoms with van der Waals surface area (Å²) in [5.41, 5.74) is 0.257. The summed E-state index contributed by atoms with van der Waals surface area (Å²) in [7, 11) is 0. The summed E-state index contributed by atoms with van der Waals surface area (Å²) in [4.78, 5) is 12.5. The third-order valence-corrected chi connectivity index (χ3v) is 5.26. The first-order valence-corrected chi connectivity index (χ1v) is 9.28. The lowest BCUT2D eigenvalue weighted by molar-refractivity contribution is -0.0219. The highest BCUT2D eigenvalue weighted by Gasteiger charge is 2.34. The highest BCUT2D eigenvalue weighted by atomic mass is 19.1. The summed E-state index contributed by atoms with van der Waals surface area (Å²) < 4.78 is 18.5. The Labute approximate surface area is 156 Å². The Morgan fingerprint density at radius 3 is 2.33 bits per heavy atom. The van der Waals surface area contributed by atoms with Crippen LogP contribution in [0.4, 0.5) is 4.39 Å². The molecular weight excluding hydrogens is 343 g/mol. The molecule has 0 bridgehead atoms. The molecule has 138 valence electrons. The van der Waals surface area contributed by atoms with Gasteiger partial charge in [-0.3, -0.25) is 0 Å². The van der Waals surface area contributed by atoms with Gasteiger partial charge in [0, 0.05) is 0 Å². The van der Waals surface area contributed by atoms with Crippen LogP contribution in [0.5, 0.6) is 0 Å². The highest BCUT2D eigenvalue weighted by molar-refractivity contribution is 5.85. The van der Waals surface area contributed by atoms with Crippen molar-refractivity contribution < 1.29 is 13.9 Å². The molecule has 4 rings (SSSR count). The molecule has 0 radical (unpaired) electrons. The fourth-order valence-electron chi connectivity index (χ4n) is 3.68. The van der Waals surface area contributed by atoms with Crippen molar-refractivity contribution in [2.45, 2.75) is 37.7 Å². The number of hydrogen-bond donors (Lipinski definition) is 1. The fourth-order valence-corrected chi connectivity index (χ4v) is 3.68. The lowest BCUT2D eigenvalue weighted by atomic mass is 9.82. The number of benzene rings is 2. The van der Waals surface area contributed by atoms with E-state index in [1.807, 2.05) is 24.3 Å². The van der Waals surface area contributed by atoms with Crippen molar-refractivity contribution in [1.29, 1.82) is 0 Å². The molecule has 27 heavy (non-hydrogen) atoms. The summed E-state index contributed by atoms with van der Waals surface area (Å²) in [5, 5.41) is 12.1. The standard InChI is InChI=1S/C23H21FO3/c24-19-10-7-16(8-11-19)4-5-17-6-9-18-15-21(27-22(25)20(18)14-17)23(26)12-2-1-3-13-23/h4-11,14-15,26H,1-3,12-13H2. The van der Waals surface area contributed by atoms with E-state index < -0.39 is 11.2 Å². The van der Waals surface area contributed by atoms with E-state index in [1.165, 1.54) is 12.1 Å². The number of aliphatic hydroxyl groups is 1. The molecule has 0 saturated heterocycles. The van der Waals surface area contributed by atoms with E-state index in [2.05, 4.69) is 0 Å². The van der Waals surface area contributed by atoms with Gasteiger partial charge in [-0.15, -0.1) is 0 Å². The Balaban J connectivity index is 1.67. The minimum Gasteiger partial charge on any atom is -0.424 e. The molecule has 0 amide bonds. The normalized spacial score (nSPS) is 16.8. The Hall–Kier alpha value is -2.72. The maximum atomic E-state index is 13.0. The number of halogens is 1. The van der Waals surface area contributed by atoms with Gasteiger partial charge in [-0.05, 0) is 53.6 Å². The zero-order valence-electron chi connectivity index (χ0n) is 15.0. The third-order valence-electron chi connectivity index (χ3n) is 5.26. The minimum atomic E-state index is -1.03. The zero-order valence-corrected chi connectivity index (χ0v) is 15.0. The number of fused-ring (bicyclic) bond motifs is 1. The fraction of sp³-hybridized carbons (Fsp3) is 0.261. The predicted molar refractivity (Wildman–Crippen MR) is 105 cm³/mol. The largest absolute Gasteiger partial charge is 0.424 e. The summed E-state index contributed by atoms with van der Waals surface area (Å²) in [6, 6.07) is 13.5. The molecule has 1 N–H and O–H groups in total. The van der Waals surface area contributed by atoms with Crippen LogP contribution in [0.1, 0.15) is 49.0 Å². The van der Waals surface area contributed by atoms with E-state index >= 15 is 0 Å². The van der Waals surface area contributed by atoms with Gasteiger partial charge in [-0.25, -0.2) is 9.18 Å². The van der Waals surface area contributed by atoms with Crippen LogP contribution in [0.2, 0.25) is 0 Å². The van der Waals surface area contributed by atoms with Gasteiger partial charge >= 0.3 is 5.63 Å². The summed E-state index contributed by atoms with van der Waals surface area (Å²) in [6.45, 7) is 0. The van der Waals surface area contributed by atoms with Gasteiger partial charge in [0.25, 0.3) is 0 Å². The van der Waals surface area contributed by atoms with E-state index in [1.54, 1.807) is 24.3 Å². The van der Waals surface area contributed by atoms with Crippen molar-refractivity contribution in [2.75, 3.05) is 0 Å². The van der Waals surface area contributed by atoms with E-state index in [0.717, 1.165) is 35.8 Å². The van der Waals surface area contributed by atoms with Crippen LogP contribution in [-0.4, -0.2) is 5.11 Å². The second-order valence-electron chi connectivity index (χ2n) is 7.22. The quantitative estimate of drug-likeness (QED) is 0.646. The molecule has 2 aromatic carbocycles. The Bertz CT molecular complexity index is 1040. The second kappa shape index (κ2) is 7.12. The number of hydrogen-bond acceptors (Lipinski definition) is 3. The molecule has 3 nitrogen and oxygen atoms in total. The van der Waals surface area contributed by atoms with Gasteiger partial charge in [0.2, 0.25) is 0 Å². The summed E-state index contributed by atoms with van der Waals surface area (Å²) in [6.07, 6.45) is 7.95. The first-order chi connectivity index (χ1) is 13.0. The summed E-state index contributed by atoms with van der Waals surface area (Å²) >= 11 is 0. The van der Waals surface area contributed by atoms with Crippen LogP contribution >= 0.6 is 0 Å². The average molecular weight is 364 g/mol. The van der Waals surface area contributed by atoms with Gasteiger partial charge in [-0.2, -0.15) is 0 Å². The highest BCUT2D eigenvalue weighted by Crippen LogP contribution is 2.37. The Kier molecular flexibility index (Phi) is 4.66. The Morgan fingerprint density at radius 1 is 0.926 bits per heavy atom. The van der Waals surface area contributed by atoms with Gasteiger partial charge in [0.15, 0.2) is 0 Å². The van der Waals surface area contributed by atoms with E-state index in [9.17, 15) is 14.3 Å². The number of rotatable bonds is 3. The molecule has 0 unspecified atom stereocenters. The Morgan fingerprint density at radius 2 is 1.59 bits per heavy atom. The van der Waals surface area contributed by atoms with Gasteiger partial charge in [0.05, 0.1) is 5.39 Å². The van der Waals surface area contributed by atoms with Crippen molar-refractivity contribution >= 4 is 22.9 Å².